The summed E-state index contributed by atoms with van der Waals surface area (Å²) in [6.45, 7) is 14.5. The molecule has 4 nitrogen and oxygen atoms in total. The molecule has 0 radical (unpaired) electrons. The van der Waals surface area contributed by atoms with E-state index in [1.165, 1.54) is 37.3 Å². The lowest BCUT2D eigenvalue weighted by Crippen LogP contribution is -2.48. The van der Waals surface area contributed by atoms with Crippen LogP contribution >= 0.6 is 0 Å². The molecule has 1 aliphatic rings. The van der Waals surface area contributed by atoms with Crippen LogP contribution in [0.3, 0.4) is 0 Å². The Kier molecular flexibility index (Phi) is 6.24. The molecule has 1 fully saturated rings. The van der Waals surface area contributed by atoms with Crippen molar-refractivity contribution < 1.29 is 0 Å². The van der Waals surface area contributed by atoms with Crippen molar-refractivity contribution in [2.45, 2.75) is 66.1 Å². The topological polar surface area (TPSA) is 33.1 Å². The van der Waals surface area contributed by atoms with Crippen LogP contribution in [0, 0.1) is 5.92 Å². The minimum atomic E-state index is 0.698. The Morgan fingerprint density at radius 1 is 1.33 bits per heavy atom. The molecule has 0 aromatic carbocycles. The molecule has 2 atom stereocenters. The minimum Gasteiger partial charge on any atom is -0.314 e. The Hall–Kier alpha value is -0.870. The average molecular weight is 292 g/mol. The molecule has 0 amide bonds. The van der Waals surface area contributed by atoms with Crippen molar-refractivity contribution >= 4 is 0 Å². The number of rotatable bonds is 7. The van der Waals surface area contributed by atoms with Crippen molar-refractivity contribution in [1.29, 1.82) is 0 Å². The Morgan fingerprint density at radius 3 is 2.76 bits per heavy atom. The monoisotopic (exact) mass is 292 g/mol. The van der Waals surface area contributed by atoms with Crippen LogP contribution in [0.1, 0.15) is 51.9 Å². The highest BCUT2D eigenvalue weighted by Gasteiger charge is 2.26. The Bertz CT molecular complexity index is 426. The maximum absolute atomic E-state index is 4.66. The first-order chi connectivity index (χ1) is 10.2. The predicted octanol–water partition coefficient (Wildman–Crippen LogP) is 2.68. The van der Waals surface area contributed by atoms with Gasteiger partial charge in [-0.2, -0.15) is 5.10 Å². The fourth-order valence-electron chi connectivity index (χ4n) is 3.33. The molecule has 0 spiro atoms. The van der Waals surface area contributed by atoms with Gasteiger partial charge in [-0.1, -0.05) is 20.8 Å². The number of piperidine rings is 1. The summed E-state index contributed by atoms with van der Waals surface area (Å²) in [5.74, 6) is 0.731. The second-order valence-electron chi connectivity index (χ2n) is 6.36. The normalized spacial score (nSPS) is 23.6. The average Bonchev–Trinajstić information content (AvgIpc) is 2.88. The summed E-state index contributed by atoms with van der Waals surface area (Å²) in [4.78, 5) is 2.59. The van der Waals surface area contributed by atoms with Gasteiger partial charge in [0.25, 0.3) is 0 Å². The predicted molar refractivity (Wildman–Crippen MR) is 88.4 cm³/mol. The highest BCUT2D eigenvalue weighted by Crippen LogP contribution is 2.19. The van der Waals surface area contributed by atoms with Crippen molar-refractivity contribution in [1.82, 2.24) is 20.0 Å². The first-order valence-electron chi connectivity index (χ1n) is 8.69. The van der Waals surface area contributed by atoms with Crippen molar-refractivity contribution in [2.75, 3.05) is 19.6 Å². The van der Waals surface area contributed by atoms with Gasteiger partial charge in [0.05, 0.1) is 11.4 Å². The zero-order valence-corrected chi connectivity index (χ0v) is 14.2. The van der Waals surface area contributed by atoms with Crippen molar-refractivity contribution in [2.24, 2.45) is 5.92 Å². The van der Waals surface area contributed by atoms with E-state index in [4.69, 9.17) is 0 Å². The lowest BCUT2D eigenvalue weighted by atomic mass is 9.93. The molecule has 4 heteroatoms. The van der Waals surface area contributed by atoms with Gasteiger partial charge >= 0.3 is 0 Å². The summed E-state index contributed by atoms with van der Waals surface area (Å²) in [7, 11) is 0. The zero-order chi connectivity index (χ0) is 15.2. The third-order valence-electron chi connectivity index (χ3n) is 4.61. The maximum Gasteiger partial charge on any atom is 0.0625 e. The van der Waals surface area contributed by atoms with E-state index in [2.05, 4.69) is 53.8 Å². The number of aryl methyl sites for hydroxylation is 2. The summed E-state index contributed by atoms with van der Waals surface area (Å²) < 4.78 is 2.17. The molecule has 1 saturated heterocycles. The number of hydrogen-bond acceptors (Lipinski definition) is 3. The third-order valence-corrected chi connectivity index (χ3v) is 4.61. The molecule has 2 heterocycles. The lowest BCUT2D eigenvalue weighted by Gasteiger charge is -2.37. The zero-order valence-electron chi connectivity index (χ0n) is 14.2. The summed E-state index contributed by atoms with van der Waals surface area (Å²) in [6, 6.07) is 2.98. The number of aromatic nitrogens is 2. The third kappa shape index (κ3) is 4.30. The molecule has 2 rings (SSSR count). The number of nitrogens with zero attached hydrogens (tertiary/aromatic N) is 3. The second kappa shape index (κ2) is 7.95. The molecule has 0 aliphatic carbocycles. The van der Waals surface area contributed by atoms with Crippen LogP contribution in [0.4, 0.5) is 0 Å². The van der Waals surface area contributed by atoms with E-state index in [1.54, 1.807) is 0 Å². The molecular weight excluding hydrogens is 260 g/mol. The van der Waals surface area contributed by atoms with Gasteiger partial charge in [-0.3, -0.25) is 9.58 Å². The largest absolute Gasteiger partial charge is 0.314 e. The molecule has 0 bridgehead atoms. The van der Waals surface area contributed by atoms with Gasteiger partial charge in [-0.25, -0.2) is 0 Å². The lowest BCUT2D eigenvalue weighted by molar-refractivity contribution is 0.138. The SMILES string of the molecule is CCCNC1CCN(Cc2cc(CC)nn2CC)CC1C. The Labute approximate surface area is 129 Å². The van der Waals surface area contributed by atoms with Crippen LogP contribution in [0.2, 0.25) is 0 Å². The molecule has 21 heavy (non-hydrogen) atoms. The van der Waals surface area contributed by atoms with Crippen LogP contribution in [0.15, 0.2) is 6.07 Å². The summed E-state index contributed by atoms with van der Waals surface area (Å²) in [5.41, 5.74) is 2.60. The molecule has 0 saturated carbocycles. The van der Waals surface area contributed by atoms with E-state index in [0.717, 1.165) is 32.0 Å². The van der Waals surface area contributed by atoms with Crippen molar-refractivity contribution in [3.63, 3.8) is 0 Å². The standard InChI is InChI=1S/C17H32N4/c1-5-9-18-17-8-10-20(12-14(17)4)13-16-11-15(6-2)19-21(16)7-3/h11,14,17-18H,5-10,12-13H2,1-4H3. The van der Waals surface area contributed by atoms with E-state index in [9.17, 15) is 0 Å². The number of likely N-dealkylation sites (tertiary alicyclic amines) is 1. The Morgan fingerprint density at radius 2 is 2.14 bits per heavy atom. The molecule has 2 unspecified atom stereocenters. The van der Waals surface area contributed by atoms with Crippen molar-refractivity contribution in [3.05, 3.63) is 17.5 Å². The van der Waals surface area contributed by atoms with Gasteiger partial charge in [0.15, 0.2) is 0 Å². The smallest absolute Gasteiger partial charge is 0.0625 e. The first kappa shape index (κ1) is 16.5. The fraction of sp³-hybridized carbons (Fsp3) is 0.824. The second-order valence-corrected chi connectivity index (χ2v) is 6.36. The van der Waals surface area contributed by atoms with Crippen molar-refractivity contribution in [3.8, 4) is 0 Å². The summed E-state index contributed by atoms with van der Waals surface area (Å²) in [6.07, 6.45) is 3.52. The Balaban J connectivity index is 1.91. The fourth-order valence-corrected chi connectivity index (χ4v) is 3.33. The molecule has 120 valence electrons. The minimum absolute atomic E-state index is 0.698. The molecular formula is C17H32N4. The van der Waals surface area contributed by atoms with Crippen LogP contribution in [-0.4, -0.2) is 40.4 Å². The van der Waals surface area contributed by atoms with E-state index >= 15 is 0 Å². The van der Waals surface area contributed by atoms with Gasteiger partial charge in [-0.15, -0.1) is 0 Å². The number of nitrogens with one attached hydrogen (secondary N) is 1. The van der Waals surface area contributed by atoms with E-state index in [0.29, 0.717) is 6.04 Å². The molecule has 1 N–H and O–H groups in total. The highest BCUT2D eigenvalue weighted by atomic mass is 15.3. The highest BCUT2D eigenvalue weighted by molar-refractivity contribution is 5.10. The van der Waals surface area contributed by atoms with Gasteiger partial charge in [0.2, 0.25) is 0 Å². The van der Waals surface area contributed by atoms with Gasteiger partial charge in [-0.05, 0) is 44.7 Å². The van der Waals surface area contributed by atoms with Crippen LogP contribution in [0.5, 0.6) is 0 Å². The first-order valence-corrected chi connectivity index (χ1v) is 8.69. The van der Waals surface area contributed by atoms with Crippen LogP contribution in [-0.2, 0) is 19.5 Å². The number of hydrogen-bond donors (Lipinski definition) is 1. The van der Waals surface area contributed by atoms with Gasteiger partial charge < -0.3 is 5.32 Å². The molecule has 1 aromatic rings. The van der Waals surface area contributed by atoms with Gasteiger partial charge in [0, 0.05) is 32.2 Å². The van der Waals surface area contributed by atoms with E-state index in [-0.39, 0.29) is 0 Å². The van der Waals surface area contributed by atoms with Crippen LogP contribution < -0.4 is 5.32 Å². The molecule has 1 aromatic heterocycles. The maximum atomic E-state index is 4.66. The molecule has 1 aliphatic heterocycles. The summed E-state index contributed by atoms with van der Waals surface area (Å²) in [5, 5.41) is 8.36. The van der Waals surface area contributed by atoms with Gasteiger partial charge in [0.1, 0.15) is 0 Å². The summed E-state index contributed by atoms with van der Waals surface area (Å²) >= 11 is 0. The quantitative estimate of drug-likeness (QED) is 0.839. The van der Waals surface area contributed by atoms with E-state index < -0.39 is 0 Å². The van der Waals surface area contributed by atoms with E-state index in [1.807, 2.05) is 0 Å². The van der Waals surface area contributed by atoms with Crippen LogP contribution in [0.25, 0.3) is 0 Å².